The molecule has 1 aliphatic rings. The van der Waals surface area contributed by atoms with Crippen LogP contribution in [-0.4, -0.2) is 49.1 Å². The van der Waals surface area contributed by atoms with E-state index in [1.165, 1.54) is 12.6 Å². The lowest BCUT2D eigenvalue weighted by Crippen LogP contribution is -2.29. The molecule has 4 aromatic heterocycles. The number of carbonyl (C=O) groups is 1. The molecule has 6 rings (SSSR count). The highest BCUT2D eigenvalue weighted by molar-refractivity contribution is 5.97. The molecule has 5 aromatic rings. The second kappa shape index (κ2) is 10.2. The van der Waals surface area contributed by atoms with E-state index in [-0.39, 0.29) is 11.6 Å². The van der Waals surface area contributed by atoms with Crippen molar-refractivity contribution < 1.29 is 9.18 Å². The number of unbranched alkanes of at least 4 members (excludes halogenated alkanes) is 1. The van der Waals surface area contributed by atoms with Gasteiger partial charge in [0.1, 0.15) is 16.9 Å². The predicted octanol–water partition coefficient (Wildman–Crippen LogP) is 5.82. The molecule has 1 fully saturated rings. The van der Waals surface area contributed by atoms with Gasteiger partial charge in [0.05, 0.1) is 40.2 Å². The summed E-state index contributed by atoms with van der Waals surface area (Å²) in [6, 6.07) is 7.76. The first kappa shape index (κ1) is 24.0. The number of anilines is 2. The maximum Gasteiger partial charge on any atom is 0.224 e. The number of amides is 1. The Bertz CT molecular complexity index is 1620. The summed E-state index contributed by atoms with van der Waals surface area (Å²) < 4.78 is 16.0. The van der Waals surface area contributed by atoms with Crippen LogP contribution >= 0.6 is 0 Å². The molecule has 0 spiro atoms. The van der Waals surface area contributed by atoms with Crippen molar-refractivity contribution in [1.29, 1.82) is 0 Å². The number of rotatable bonds is 7. The zero-order chi connectivity index (χ0) is 26.1. The number of halogens is 1. The Labute approximate surface area is 218 Å². The van der Waals surface area contributed by atoms with E-state index < -0.39 is 5.82 Å². The van der Waals surface area contributed by atoms with Crippen LogP contribution in [0.2, 0.25) is 0 Å². The third-order valence-electron chi connectivity index (χ3n) is 7.01. The highest BCUT2D eigenvalue weighted by Gasteiger charge is 2.22. The maximum absolute atomic E-state index is 16.0. The Morgan fingerprint density at radius 1 is 1.11 bits per heavy atom. The van der Waals surface area contributed by atoms with Crippen molar-refractivity contribution in [3.63, 3.8) is 0 Å². The van der Waals surface area contributed by atoms with E-state index in [0.717, 1.165) is 55.5 Å². The third-order valence-corrected chi connectivity index (χ3v) is 7.01. The van der Waals surface area contributed by atoms with Crippen LogP contribution in [0.5, 0.6) is 0 Å². The van der Waals surface area contributed by atoms with Crippen molar-refractivity contribution in [2.75, 3.05) is 23.3 Å². The van der Waals surface area contributed by atoms with E-state index in [4.69, 9.17) is 4.98 Å². The van der Waals surface area contributed by atoms with Gasteiger partial charge in [-0.15, -0.1) is 0 Å². The van der Waals surface area contributed by atoms with Gasteiger partial charge in [0.25, 0.3) is 0 Å². The molecule has 1 aliphatic heterocycles. The van der Waals surface area contributed by atoms with Crippen LogP contribution in [0.3, 0.4) is 0 Å². The van der Waals surface area contributed by atoms with Crippen molar-refractivity contribution in [3.8, 4) is 22.8 Å². The molecule has 0 unspecified atom stereocenters. The molecule has 0 bridgehead atoms. The van der Waals surface area contributed by atoms with Gasteiger partial charge in [-0.2, -0.15) is 5.10 Å². The molecule has 1 aromatic carbocycles. The van der Waals surface area contributed by atoms with Gasteiger partial charge >= 0.3 is 0 Å². The van der Waals surface area contributed by atoms with E-state index in [1.807, 2.05) is 19.1 Å². The minimum atomic E-state index is -0.529. The third kappa shape index (κ3) is 4.46. The minimum absolute atomic E-state index is 0.0967. The molecule has 0 aliphatic carbocycles. The lowest BCUT2D eigenvalue weighted by molar-refractivity contribution is -0.116. The molecule has 1 saturated heterocycles. The van der Waals surface area contributed by atoms with Gasteiger partial charge in [-0.3, -0.25) is 19.9 Å². The Morgan fingerprint density at radius 2 is 1.97 bits per heavy atom. The molecule has 5 heterocycles. The van der Waals surface area contributed by atoms with Crippen molar-refractivity contribution in [1.82, 2.24) is 30.1 Å². The highest BCUT2D eigenvalue weighted by atomic mass is 19.1. The normalized spacial score (nSPS) is 13.9. The number of carbonyl (C=O) groups excluding carboxylic acids is 1. The number of aromatic nitrogens is 6. The van der Waals surface area contributed by atoms with Crippen molar-refractivity contribution in [2.45, 2.75) is 45.4 Å². The molecule has 3 N–H and O–H groups in total. The second-order valence-corrected chi connectivity index (χ2v) is 9.70. The van der Waals surface area contributed by atoms with Crippen LogP contribution < -0.4 is 10.2 Å². The summed E-state index contributed by atoms with van der Waals surface area (Å²) in [5, 5.41) is 10.4. The van der Waals surface area contributed by atoms with Crippen LogP contribution in [-0.2, 0) is 4.79 Å². The minimum Gasteiger partial charge on any atom is -0.370 e. The molecule has 0 saturated carbocycles. The fourth-order valence-electron chi connectivity index (χ4n) is 5.07. The zero-order valence-corrected chi connectivity index (χ0v) is 21.2. The summed E-state index contributed by atoms with van der Waals surface area (Å²) in [4.78, 5) is 31.3. The number of H-pyrrole nitrogens is 2. The summed E-state index contributed by atoms with van der Waals surface area (Å²) in [5.74, 6) is -0.137. The van der Waals surface area contributed by atoms with Crippen LogP contribution in [0.1, 0.15) is 45.4 Å². The smallest absolute Gasteiger partial charge is 0.224 e. The Morgan fingerprint density at radius 3 is 2.82 bits per heavy atom. The Hall–Kier alpha value is -4.34. The Balaban J connectivity index is 1.38. The quantitative estimate of drug-likeness (QED) is 0.253. The molecule has 9 nitrogen and oxygen atoms in total. The van der Waals surface area contributed by atoms with Gasteiger partial charge in [0.15, 0.2) is 11.6 Å². The van der Waals surface area contributed by atoms with Crippen LogP contribution in [0.4, 0.5) is 15.8 Å². The number of piperidine rings is 1. The molecule has 0 radical (unpaired) electrons. The largest absolute Gasteiger partial charge is 0.370 e. The van der Waals surface area contributed by atoms with Crippen LogP contribution in [0.25, 0.3) is 44.7 Å². The number of benzene rings is 1. The fourth-order valence-corrected chi connectivity index (χ4v) is 5.07. The fraction of sp³-hybridized carbons (Fsp3) is 0.321. The van der Waals surface area contributed by atoms with Crippen molar-refractivity contribution in [3.05, 3.63) is 48.7 Å². The van der Waals surface area contributed by atoms with Gasteiger partial charge in [0.2, 0.25) is 5.91 Å². The number of nitrogens with zero attached hydrogens (tertiary/aromatic N) is 5. The Kier molecular flexibility index (Phi) is 6.45. The summed E-state index contributed by atoms with van der Waals surface area (Å²) in [7, 11) is 0. The van der Waals surface area contributed by atoms with Gasteiger partial charge in [-0.25, -0.2) is 9.37 Å². The summed E-state index contributed by atoms with van der Waals surface area (Å²) in [6.07, 6.45) is 10.4. The molecular weight excluding hydrogens is 483 g/mol. The molecule has 194 valence electrons. The van der Waals surface area contributed by atoms with Crippen LogP contribution in [0, 0.1) is 5.82 Å². The molecule has 38 heavy (non-hydrogen) atoms. The molecular formula is C28H29FN8O. The van der Waals surface area contributed by atoms with Gasteiger partial charge in [-0.1, -0.05) is 19.4 Å². The first-order valence-electron chi connectivity index (χ1n) is 13.1. The van der Waals surface area contributed by atoms with Gasteiger partial charge < -0.3 is 15.2 Å². The zero-order valence-electron chi connectivity index (χ0n) is 21.2. The first-order chi connectivity index (χ1) is 18.6. The van der Waals surface area contributed by atoms with E-state index >= 15 is 4.39 Å². The predicted molar refractivity (Wildman–Crippen MR) is 146 cm³/mol. The average Bonchev–Trinajstić information content (AvgIpc) is 3.57. The standard InChI is InChI=1S/C28H29FN8O/c1-2-3-10-22(38)32-18-13-17(14-30-15-18)25-24(29)23-20(16-31-25)35-36-27(23)28-33-19-8-7-9-21(26(19)34-28)37-11-5-4-6-12-37/h7-9,13-16H,2-6,10-12H2,1H3,(H,32,38)(H,33,34)(H,35,36). The topological polar surface area (TPSA) is 115 Å². The van der Waals surface area contributed by atoms with Crippen molar-refractivity contribution >= 4 is 39.2 Å². The maximum atomic E-state index is 16.0. The summed E-state index contributed by atoms with van der Waals surface area (Å²) >= 11 is 0. The monoisotopic (exact) mass is 512 g/mol. The molecule has 0 atom stereocenters. The number of aromatic amines is 2. The molecule has 10 heteroatoms. The lowest BCUT2D eigenvalue weighted by atomic mass is 10.1. The number of fused-ring (bicyclic) bond motifs is 2. The van der Waals surface area contributed by atoms with Crippen molar-refractivity contribution in [2.24, 2.45) is 0 Å². The van der Waals surface area contributed by atoms with E-state index in [9.17, 15) is 4.79 Å². The summed E-state index contributed by atoms with van der Waals surface area (Å²) in [6.45, 7) is 4.04. The number of hydrogen-bond donors (Lipinski definition) is 3. The SMILES string of the molecule is CCCCC(=O)Nc1cncc(-c2ncc3[nH]nc(-c4nc5c(N6CCCCC6)cccc5[nH]4)c3c2F)c1. The van der Waals surface area contributed by atoms with Crippen LogP contribution in [0.15, 0.2) is 42.9 Å². The lowest BCUT2D eigenvalue weighted by Gasteiger charge is -2.28. The number of pyridine rings is 2. The number of nitrogens with one attached hydrogen (secondary N) is 3. The molecule has 1 amide bonds. The second-order valence-electron chi connectivity index (χ2n) is 9.70. The van der Waals surface area contributed by atoms with Gasteiger partial charge in [-0.05, 0) is 43.9 Å². The first-order valence-corrected chi connectivity index (χ1v) is 13.1. The number of para-hydroxylation sites is 1. The summed E-state index contributed by atoms with van der Waals surface area (Å²) in [5.41, 5.74) is 4.75. The van der Waals surface area contributed by atoms with E-state index in [1.54, 1.807) is 18.5 Å². The van der Waals surface area contributed by atoms with Gasteiger partial charge in [0, 0.05) is 31.3 Å². The number of hydrogen-bond acceptors (Lipinski definition) is 6. The average molecular weight is 513 g/mol. The highest BCUT2D eigenvalue weighted by Crippen LogP contribution is 2.35. The van der Waals surface area contributed by atoms with E-state index in [0.29, 0.717) is 40.1 Å². The number of imidazole rings is 1. The van der Waals surface area contributed by atoms with E-state index in [2.05, 4.69) is 41.4 Å².